The molecule has 0 spiro atoms. The minimum absolute atomic E-state index is 0.0166. The van der Waals surface area contributed by atoms with Crippen LogP contribution in [0.1, 0.15) is 76.4 Å². The molecular weight excluding hydrogens is 817 g/mol. The standard InChI is InChI=1S/C46H54N12O2S2/c1-6-7-13-31-32(47)24-36(50-27-46(3,4)5)52-40(31)58(44(59)28(2)42-48-16-22-61-42)35-25-33(35)51-34-26-37(56-20-18-55(19-21-56)29-11-9-8-10-12-29)53-41-38(34)54-39(43-49-17-23-62-43)45(60)57(41)30-14-15-30/h8-12,16-17,22-24,26,30,33,35H,2,6-7,13-15,18-21,25,27H2,1,3-5H3,(H,51,53)(H3,47,50,52). The molecular formula is C46H54N12O2S2. The van der Waals surface area contributed by atoms with Gasteiger partial charge in [-0.25, -0.2) is 24.9 Å². The van der Waals surface area contributed by atoms with Crippen LogP contribution in [0.2, 0.25) is 0 Å². The first-order valence-electron chi connectivity index (χ1n) is 21.6. The molecule has 6 heterocycles. The molecule has 1 aliphatic heterocycles. The van der Waals surface area contributed by atoms with Gasteiger partial charge in [0.2, 0.25) is 0 Å². The number of para-hydroxylation sites is 1. The summed E-state index contributed by atoms with van der Waals surface area (Å²) in [6.07, 6.45) is 8.31. The van der Waals surface area contributed by atoms with Crippen LogP contribution in [0, 0.1) is 5.41 Å². The number of amides is 1. The van der Waals surface area contributed by atoms with Gasteiger partial charge in [-0.2, -0.15) is 0 Å². The molecule has 3 fully saturated rings. The minimum atomic E-state index is -0.307. The van der Waals surface area contributed by atoms with Crippen LogP contribution in [0.5, 0.6) is 0 Å². The molecule has 6 aromatic rings. The van der Waals surface area contributed by atoms with Crippen molar-refractivity contribution in [3.8, 4) is 10.7 Å². The van der Waals surface area contributed by atoms with E-state index in [0.717, 1.165) is 68.9 Å². The zero-order valence-corrected chi connectivity index (χ0v) is 37.4. The lowest BCUT2D eigenvalue weighted by Crippen LogP contribution is -2.47. The van der Waals surface area contributed by atoms with Gasteiger partial charge in [0.15, 0.2) is 11.3 Å². The summed E-state index contributed by atoms with van der Waals surface area (Å²) in [6.45, 7) is 16.7. The van der Waals surface area contributed by atoms with Crippen molar-refractivity contribution in [2.24, 2.45) is 5.41 Å². The van der Waals surface area contributed by atoms with Crippen molar-refractivity contribution < 1.29 is 4.79 Å². The Bertz CT molecular complexity index is 2630. The average molecular weight is 871 g/mol. The number of nitrogens with two attached hydrogens (primary N) is 1. The molecule has 1 saturated heterocycles. The molecule has 9 rings (SSSR count). The second-order valence-corrected chi connectivity index (χ2v) is 19.5. The lowest BCUT2D eigenvalue weighted by molar-refractivity contribution is -0.113. The molecule has 4 N–H and O–H groups in total. The highest BCUT2D eigenvalue weighted by Crippen LogP contribution is 2.43. The molecule has 3 aliphatic rings. The smallest absolute Gasteiger partial charge is 0.281 e. The van der Waals surface area contributed by atoms with Crippen molar-refractivity contribution in [2.75, 3.05) is 63.8 Å². The third kappa shape index (κ3) is 8.62. The fourth-order valence-corrected chi connectivity index (χ4v) is 9.30. The molecule has 2 unspecified atom stereocenters. The zero-order chi connectivity index (χ0) is 43.1. The van der Waals surface area contributed by atoms with Crippen LogP contribution in [-0.2, 0) is 11.2 Å². The molecule has 14 nitrogen and oxygen atoms in total. The number of thiazole rings is 2. The monoisotopic (exact) mass is 870 g/mol. The highest BCUT2D eigenvalue weighted by atomic mass is 32.1. The van der Waals surface area contributed by atoms with Crippen LogP contribution >= 0.6 is 22.7 Å². The number of aromatic nitrogens is 6. The van der Waals surface area contributed by atoms with Gasteiger partial charge in [-0.15, -0.1) is 22.7 Å². The Balaban J connectivity index is 1.12. The van der Waals surface area contributed by atoms with E-state index in [9.17, 15) is 9.59 Å². The van der Waals surface area contributed by atoms with E-state index in [4.69, 9.17) is 20.7 Å². The number of carbonyl (C=O) groups is 1. The van der Waals surface area contributed by atoms with Crippen molar-refractivity contribution in [3.05, 3.63) is 93.1 Å². The maximum Gasteiger partial charge on any atom is 0.281 e. The van der Waals surface area contributed by atoms with E-state index in [0.29, 0.717) is 69.2 Å². The largest absolute Gasteiger partial charge is 0.398 e. The van der Waals surface area contributed by atoms with E-state index >= 15 is 0 Å². The van der Waals surface area contributed by atoms with E-state index in [1.807, 2.05) is 27.5 Å². The number of hydrogen-bond donors (Lipinski definition) is 3. The number of hydrogen-bond acceptors (Lipinski definition) is 14. The second kappa shape index (κ2) is 17.1. The molecule has 5 aromatic heterocycles. The normalized spacial score (nSPS) is 17.6. The maximum atomic E-state index is 14.9. The molecule has 1 aromatic carbocycles. The Kier molecular flexibility index (Phi) is 11.5. The molecule has 16 heteroatoms. The van der Waals surface area contributed by atoms with E-state index in [2.05, 4.69) is 95.0 Å². The van der Waals surface area contributed by atoms with Crippen molar-refractivity contribution >= 4 is 79.8 Å². The van der Waals surface area contributed by atoms with Crippen molar-refractivity contribution in [1.82, 2.24) is 29.5 Å². The lowest BCUT2D eigenvalue weighted by Gasteiger charge is -2.37. The first kappa shape index (κ1) is 41.5. The van der Waals surface area contributed by atoms with Crippen molar-refractivity contribution in [2.45, 2.75) is 84.3 Å². The van der Waals surface area contributed by atoms with E-state index < -0.39 is 0 Å². The quantitative estimate of drug-likeness (QED) is 0.0852. The third-order valence-electron chi connectivity index (χ3n) is 11.6. The second-order valence-electron chi connectivity index (χ2n) is 17.7. The molecule has 0 bridgehead atoms. The number of nitrogen functional groups attached to an aromatic ring is 1. The predicted octanol–water partition coefficient (Wildman–Crippen LogP) is 8.11. The summed E-state index contributed by atoms with van der Waals surface area (Å²) in [4.78, 5) is 60.1. The molecule has 2 aliphatic carbocycles. The molecule has 1 amide bonds. The summed E-state index contributed by atoms with van der Waals surface area (Å²) in [5.74, 6) is 1.66. The van der Waals surface area contributed by atoms with Crippen LogP contribution in [0.15, 0.2) is 77.0 Å². The SMILES string of the molecule is C=C(C(=O)N(c1nc(NCC(C)(C)C)cc(N)c1CCCC)C1CC1Nc1cc(N2CCN(c3ccccc3)CC2)nc2c1nc(-c1nccs1)c(=O)n2C1CC1)c1nccs1. The van der Waals surface area contributed by atoms with Crippen LogP contribution in [-0.4, -0.2) is 80.2 Å². The van der Waals surface area contributed by atoms with Gasteiger partial charge in [0, 0.05) is 97.0 Å². The van der Waals surface area contributed by atoms with Crippen LogP contribution < -0.4 is 36.6 Å². The first-order valence-corrected chi connectivity index (χ1v) is 23.4. The number of piperazine rings is 1. The lowest BCUT2D eigenvalue weighted by atomic mass is 9.97. The summed E-state index contributed by atoms with van der Waals surface area (Å²) in [7, 11) is 0. The molecule has 62 heavy (non-hydrogen) atoms. The fraction of sp³-hybridized carbons (Fsp3) is 0.413. The van der Waals surface area contributed by atoms with Crippen LogP contribution in [0.3, 0.4) is 0 Å². The van der Waals surface area contributed by atoms with E-state index in [-0.39, 0.29) is 35.0 Å². The molecule has 2 saturated carbocycles. The Morgan fingerprint density at radius 2 is 1.73 bits per heavy atom. The van der Waals surface area contributed by atoms with Gasteiger partial charge >= 0.3 is 0 Å². The molecule has 2 atom stereocenters. The summed E-state index contributed by atoms with van der Waals surface area (Å²) in [5, 5.41) is 12.2. The number of rotatable bonds is 15. The number of unbranched alkanes of at least 4 members (excludes halogenated alkanes) is 1. The summed E-state index contributed by atoms with van der Waals surface area (Å²) >= 11 is 2.78. The molecule has 0 radical (unpaired) electrons. The van der Waals surface area contributed by atoms with Gasteiger partial charge in [0.25, 0.3) is 11.5 Å². The minimum Gasteiger partial charge on any atom is -0.398 e. The predicted molar refractivity (Wildman–Crippen MR) is 254 cm³/mol. The van der Waals surface area contributed by atoms with Crippen molar-refractivity contribution in [3.63, 3.8) is 0 Å². The van der Waals surface area contributed by atoms with E-state index in [1.54, 1.807) is 17.3 Å². The summed E-state index contributed by atoms with van der Waals surface area (Å²) in [5.41, 5.74) is 11.8. The van der Waals surface area contributed by atoms with Gasteiger partial charge in [-0.3, -0.25) is 19.1 Å². The number of pyridine rings is 2. The van der Waals surface area contributed by atoms with Gasteiger partial charge in [-0.1, -0.05) is 58.9 Å². The Morgan fingerprint density at radius 1 is 0.984 bits per heavy atom. The highest BCUT2D eigenvalue weighted by Gasteiger charge is 2.47. The van der Waals surface area contributed by atoms with Gasteiger partial charge in [-0.05, 0) is 49.7 Å². The Labute approximate surface area is 370 Å². The van der Waals surface area contributed by atoms with Crippen LogP contribution in [0.25, 0.3) is 27.4 Å². The fourth-order valence-electron chi connectivity index (χ4n) is 8.08. The number of nitrogens with one attached hydrogen (secondary N) is 2. The molecule has 322 valence electrons. The van der Waals surface area contributed by atoms with E-state index in [1.165, 1.54) is 28.4 Å². The summed E-state index contributed by atoms with van der Waals surface area (Å²) in [6, 6.07) is 14.0. The van der Waals surface area contributed by atoms with Gasteiger partial charge in [0.1, 0.15) is 33.0 Å². The van der Waals surface area contributed by atoms with Crippen molar-refractivity contribution in [1.29, 1.82) is 0 Å². The third-order valence-corrected chi connectivity index (χ3v) is 13.3. The number of carbonyl (C=O) groups excluding carboxylic acids is 1. The Hall–Kier alpha value is -5.87. The number of anilines is 6. The first-order chi connectivity index (χ1) is 30.0. The number of fused-ring (bicyclic) bond motifs is 1. The topological polar surface area (TPSA) is 163 Å². The van der Waals surface area contributed by atoms with Crippen LogP contribution in [0.4, 0.5) is 34.5 Å². The van der Waals surface area contributed by atoms with Gasteiger partial charge in [0.05, 0.1) is 17.3 Å². The average Bonchev–Trinajstić information content (AvgIpc) is 4.10. The Morgan fingerprint density at radius 3 is 2.40 bits per heavy atom. The maximum absolute atomic E-state index is 14.9. The van der Waals surface area contributed by atoms with Gasteiger partial charge < -0.3 is 26.2 Å². The number of benzene rings is 1. The summed E-state index contributed by atoms with van der Waals surface area (Å²) < 4.78 is 1.84. The zero-order valence-electron chi connectivity index (χ0n) is 35.8. The number of nitrogens with zero attached hydrogens (tertiary/aromatic N) is 9. The highest BCUT2D eigenvalue weighted by molar-refractivity contribution is 7.13.